The maximum absolute atomic E-state index is 12.1. The molecule has 0 saturated heterocycles. The molecule has 0 heterocycles. The van der Waals surface area contributed by atoms with Crippen LogP contribution in [-0.2, 0) is 4.74 Å². The summed E-state index contributed by atoms with van der Waals surface area (Å²) in [5.74, 6) is -0.321. The van der Waals surface area contributed by atoms with Gasteiger partial charge in [0.2, 0.25) is 0 Å². The van der Waals surface area contributed by atoms with E-state index in [1.165, 1.54) is 0 Å². The zero-order valence-electron chi connectivity index (χ0n) is 10.9. The molecule has 0 radical (unpaired) electrons. The molecule has 0 atom stereocenters. The van der Waals surface area contributed by atoms with Gasteiger partial charge < -0.3 is 10.5 Å². The van der Waals surface area contributed by atoms with Crippen LogP contribution in [0.1, 0.15) is 31.1 Å². The Morgan fingerprint density at radius 1 is 1.06 bits per heavy atom. The summed E-state index contributed by atoms with van der Waals surface area (Å²) in [6, 6.07) is 11.0. The summed E-state index contributed by atoms with van der Waals surface area (Å²) in [5.41, 5.74) is 6.62. The molecule has 0 aliphatic heterocycles. The van der Waals surface area contributed by atoms with Gasteiger partial charge in [-0.1, -0.05) is 24.3 Å². The van der Waals surface area contributed by atoms with Crippen molar-refractivity contribution in [3.8, 4) is 0 Å². The highest BCUT2D eigenvalue weighted by atomic mass is 16.6. The van der Waals surface area contributed by atoms with Crippen molar-refractivity contribution in [2.75, 3.05) is 5.73 Å². The normalized spacial score (nSPS) is 11.5. The molecule has 94 valence electrons. The number of benzene rings is 2. The molecule has 2 aromatic carbocycles. The monoisotopic (exact) mass is 243 g/mol. The minimum atomic E-state index is -0.500. The van der Waals surface area contributed by atoms with Crippen molar-refractivity contribution >= 4 is 22.4 Å². The van der Waals surface area contributed by atoms with Crippen LogP contribution in [0.2, 0.25) is 0 Å². The number of nitrogens with two attached hydrogens (primary N) is 1. The van der Waals surface area contributed by atoms with E-state index in [0.29, 0.717) is 11.3 Å². The number of carbonyl (C=O) groups is 1. The molecule has 0 unspecified atom stereocenters. The molecule has 0 saturated carbocycles. The first-order chi connectivity index (χ1) is 8.38. The molecule has 0 aliphatic carbocycles. The van der Waals surface area contributed by atoms with E-state index in [9.17, 15) is 4.79 Å². The van der Waals surface area contributed by atoms with Crippen LogP contribution in [-0.4, -0.2) is 11.6 Å². The number of anilines is 1. The van der Waals surface area contributed by atoms with Gasteiger partial charge in [-0.25, -0.2) is 4.79 Å². The van der Waals surface area contributed by atoms with Gasteiger partial charge in [0, 0.05) is 11.1 Å². The highest BCUT2D eigenvalue weighted by Crippen LogP contribution is 2.25. The van der Waals surface area contributed by atoms with E-state index >= 15 is 0 Å². The minimum absolute atomic E-state index is 0.321. The zero-order chi connectivity index (χ0) is 13.3. The minimum Gasteiger partial charge on any atom is -0.456 e. The summed E-state index contributed by atoms with van der Waals surface area (Å²) < 4.78 is 5.39. The first kappa shape index (κ1) is 12.4. The number of carbonyl (C=O) groups excluding carboxylic acids is 1. The Hall–Kier alpha value is -2.03. The Bertz CT molecular complexity index is 597. The third-order valence-corrected chi connectivity index (χ3v) is 2.57. The average molecular weight is 243 g/mol. The summed E-state index contributed by atoms with van der Waals surface area (Å²) >= 11 is 0. The lowest BCUT2D eigenvalue weighted by molar-refractivity contribution is 0.00719. The third-order valence-electron chi connectivity index (χ3n) is 2.57. The fourth-order valence-corrected chi connectivity index (χ4v) is 1.85. The molecule has 3 heteroatoms. The first-order valence-corrected chi connectivity index (χ1v) is 5.89. The van der Waals surface area contributed by atoms with Gasteiger partial charge in [0.15, 0.2) is 0 Å². The van der Waals surface area contributed by atoms with Crippen LogP contribution in [0.15, 0.2) is 36.4 Å². The standard InChI is InChI=1S/C15H17NO2/c1-15(2,3)18-14(17)12-8-4-7-11-10(12)6-5-9-13(11)16/h4-9H,16H2,1-3H3. The highest BCUT2D eigenvalue weighted by Gasteiger charge is 2.19. The molecule has 2 aromatic rings. The predicted octanol–water partition coefficient (Wildman–Crippen LogP) is 3.38. The Morgan fingerprint density at radius 3 is 2.33 bits per heavy atom. The van der Waals surface area contributed by atoms with Gasteiger partial charge in [0.05, 0.1) is 5.56 Å². The van der Waals surface area contributed by atoms with Crippen molar-refractivity contribution in [3.05, 3.63) is 42.0 Å². The second-order valence-corrected chi connectivity index (χ2v) is 5.25. The fraction of sp³-hybridized carbons (Fsp3) is 0.267. The van der Waals surface area contributed by atoms with Crippen molar-refractivity contribution in [3.63, 3.8) is 0 Å². The second-order valence-electron chi connectivity index (χ2n) is 5.25. The largest absolute Gasteiger partial charge is 0.456 e. The molecular formula is C15H17NO2. The lowest BCUT2D eigenvalue weighted by atomic mass is 10.0. The number of fused-ring (bicyclic) bond motifs is 1. The molecule has 0 aliphatic rings. The number of nitrogen functional groups attached to an aromatic ring is 1. The average Bonchev–Trinajstić information content (AvgIpc) is 2.26. The summed E-state index contributed by atoms with van der Waals surface area (Å²) in [7, 11) is 0. The van der Waals surface area contributed by atoms with Gasteiger partial charge in [-0.3, -0.25) is 0 Å². The number of ether oxygens (including phenoxy) is 1. The summed E-state index contributed by atoms with van der Waals surface area (Å²) in [6.07, 6.45) is 0. The summed E-state index contributed by atoms with van der Waals surface area (Å²) in [5, 5.41) is 1.70. The number of rotatable bonds is 1. The van der Waals surface area contributed by atoms with Crippen molar-refractivity contribution in [1.29, 1.82) is 0 Å². The number of esters is 1. The van der Waals surface area contributed by atoms with Gasteiger partial charge >= 0.3 is 5.97 Å². The quantitative estimate of drug-likeness (QED) is 0.617. The van der Waals surface area contributed by atoms with Gasteiger partial charge in [-0.2, -0.15) is 0 Å². The van der Waals surface area contributed by atoms with Gasteiger partial charge in [-0.15, -0.1) is 0 Å². The summed E-state index contributed by atoms with van der Waals surface area (Å²) in [4.78, 5) is 12.1. The molecular weight excluding hydrogens is 226 g/mol. The van der Waals surface area contributed by atoms with E-state index in [0.717, 1.165) is 10.8 Å². The molecule has 2 N–H and O–H groups in total. The Balaban J connectivity index is 2.52. The number of hydrogen-bond acceptors (Lipinski definition) is 3. The SMILES string of the molecule is CC(C)(C)OC(=O)c1cccc2c(N)cccc12. The van der Waals surface area contributed by atoms with Crippen molar-refractivity contribution in [2.24, 2.45) is 0 Å². The van der Waals surface area contributed by atoms with Crippen molar-refractivity contribution in [2.45, 2.75) is 26.4 Å². The summed E-state index contributed by atoms with van der Waals surface area (Å²) in [6.45, 7) is 5.55. The maximum Gasteiger partial charge on any atom is 0.339 e. The molecule has 2 rings (SSSR count). The van der Waals surface area contributed by atoms with Gasteiger partial charge in [0.25, 0.3) is 0 Å². The van der Waals surface area contributed by atoms with E-state index in [-0.39, 0.29) is 5.97 Å². The lowest BCUT2D eigenvalue weighted by Gasteiger charge is -2.20. The third kappa shape index (κ3) is 2.45. The smallest absolute Gasteiger partial charge is 0.339 e. The molecule has 0 aromatic heterocycles. The van der Waals surface area contributed by atoms with Gasteiger partial charge in [0.1, 0.15) is 5.60 Å². The first-order valence-electron chi connectivity index (χ1n) is 5.89. The predicted molar refractivity (Wildman–Crippen MR) is 73.5 cm³/mol. The van der Waals surface area contributed by atoms with Crippen LogP contribution in [0, 0.1) is 0 Å². The fourth-order valence-electron chi connectivity index (χ4n) is 1.85. The van der Waals surface area contributed by atoms with Crippen LogP contribution < -0.4 is 5.73 Å². The van der Waals surface area contributed by atoms with Crippen LogP contribution in [0.4, 0.5) is 5.69 Å². The maximum atomic E-state index is 12.1. The lowest BCUT2D eigenvalue weighted by Crippen LogP contribution is -2.24. The van der Waals surface area contributed by atoms with Crippen LogP contribution >= 0.6 is 0 Å². The molecule has 0 fully saturated rings. The van der Waals surface area contributed by atoms with Crippen molar-refractivity contribution in [1.82, 2.24) is 0 Å². The highest BCUT2D eigenvalue weighted by molar-refractivity contribution is 6.07. The second kappa shape index (κ2) is 4.33. The van der Waals surface area contributed by atoms with Gasteiger partial charge in [-0.05, 0) is 38.3 Å². The van der Waals surface area contributed by atoms with Crippen LogP contribution in [0.3, 0.4) is 0 Å². The topological polar surface area (TPSA) is 52.3 Å². The number of hydrogen-bond donors (Lipinski definition) is 1. The van der Waals surface area contributed by atoms with E-state index in [1.54, 1.807) is 6.07 Å². The van der Waals surface area contributed by atoms with E-state index in [4.69, 9.17) is 10.5 Å². The van der Waals surface area contributed by atoms with E-state index in [1.807, 2.05) is 51.1 Å². The Labute approximate surface area is 107 Å². The molecule has 0 amide bonds. The zero-order valence-corrected chi connectivity index (χ0v) is 10.9. The molecule has 0 spiro atoms. The Kier molecular flexibility index (Phi) is 2.99. The van der Waals surface area contributed by atoms with Crippen LogP contribution in [0.25, 0.3) is 10.8 Å². The van der Waals surface area contributed by atoms with E-state index < -0.39 is 5.60 Å². The molecule has 18 heavy (non-hydrogen) atoms. The van der Waals surface area contributed by atoms with Crippen LogP contribution in [0.5, 0.6) is 0 Å². The molecule has 3 nitrogen and oxygen atoms in total. The Morgan fingerprint density at radius 2 is 1.67 bits per heavy atom. The van der Waals surface area contributed by atoms with E-state index in [2.05, 4.69) is 0 Å². The molecule has 0 bridgehead atoms. The van der Waals surface area contributed by atoms with Crippen molar-refractivity contribution < 1.29 is 9.53 Å².